The maximum atomic E-state index is 10.7. The average Bonchev–Trinajstić information content (AvgIpc) is 2.69. The third-order valence-electron chi connectivity index (χ3n) is 2.84. The lowest BCUT2D eigenvalue weighted by molar-refractivity contribution is -0.136. The number of aryl methyl sites for hydroxylation is 1. The number of nitrogens with zero attached hydrogens (tertiary/aromatic N) is 2. The summed E-state index contributed by atoms with van der Waals surface area (Å²) >= 11 is 1.38. The zero-order valence-corrected chi connectivity index (χ0v) is 12.5. The van der Waals surface area contributed by atoms with Crippen LogP contribution in [0.4, 0.5) is 16.5 Å². The van der Waals surface area contributed by atoms with Gasteiger partial charge in [-0.25, -0.2) is 4.98 Å². The summed E-state index contributed by atoms with van der Waals surface area (Å²) < 4.78 is 0. The molecule has 0 unspecified atom stereocenters. The van der Waals surface area contributed by atoms with Crippen LogP contribution in [0.5, 0.6) is 0 Å². The van der Waals surface area contributed by atoms with E-state index in [0.29, 0.717) is 0 Å². The molecule has 0 radical (unpaired) electrons. The predicted molar refractivity (Wildman–Crippen MR) is 82.2 cm³/mol. The van der Waals surface area contributed by atoms with Crippen LogP contribution in [0.3, 0.4) is 0 Å². The maximum absolute atomic E-state index is 10.7. The Balaban J connectivity index is 2.11. The Kier molecular flexibility index (Phi) is 4.24. The molecule has 2 rings (SSSR count). The van der Waals surface area contributed by atoms with E-state index in [0.717, 1.165) is 27.1 Å². The van der Waals surface area contributed by atoms with Gasteiger partial charge >= 0.3 is 5.97 Å². The van der Waals surface area contributed by atoms with Gasteiger partial charge < -0.3 is 15.3 Å². The Morgan fingerprint density at radius 1 is 1.35 bits per heavy atom. The van der Waals surface area contributed by atoms with E-state index < -0.39 is 5.97 Å². The summed E-state index contributed by atoms with van der Waals surface area (Å²) in [5.41, 5.74) is 2.83. The fourth-order valence-corrected chi connectivity index (χ4v) is 2.72. The molecular formula is C14H17N3O2S. The molecule has 0 aliphatic rings. The first-order valence-electron chi connectivity index (χ1n) is 6.18. The van der Waals surface area contributed by atoms with Gasteiger partial charge in [-0.3, -0.25) is 4.79 Å². The van der Waals surface area contributed by atoms with Crippen LogP contribution >= 0.6 is 11.3 Å². The van der Waals surface area contributed by atoms with Gasteiger partial charge in [0.15, 0.2) is 5.13 Å². The molecule has 0 spiro atoms. The molecule has 0 atom stereocenters. The minimum absolute atomic E-state index is 0.0186. The molecule has 1 aromatic heterocycles. The van der Waals surface area contributed by atoms with Crippen LogP contribution in [-0.2, 0) is 11.2 Å². The number of aliphatic carboxylic acids is 1. The molecule has 0 amide bonds. The molecule has 0 fully saturated rings. The number of carboxylic acid groups (broad SMARTS) is 1. The zero-order chi connectivity index (χ0) is 14.7. The highest BCUT2D eigenvalue weighted by atomic mass is 32.1. The molecule has 0 bridgehead atoms. The molecule has 0 aliphatic carbocycles. The van der Waals surface area contributed by atoms with Gasteiger partial charge in [0.25, 0.3) is 0 Å². The molecule has 0 aliphatic heterocycles. The van der Waals surface area contributed by atoms with E-state index in [1.165, 1.54) is 11.3 Å². The Hall–Kier alpha value is -2.08. The predicted octanol–water partition coefficient (Wildman–Crippen LogP) is 2.89. The largest absolute Gasteiger partial charge is 0.481 e. The summed E-state index contributed by atoms with van der Waals surface area (Å²) in [5.74, 6) is -0.835. The number of rotatable bonds is 5. The monoisotopic (exact) mass is 291 g/mol. The Bertz CT molecular complexity index is 605. The van der Waals surface area contributed by atoms with Crippen LogP contribution in [0.25, 0.3) is 0 Å². The summed E-state index contributed by atoms with van der Waals surface area (Å²) in [4.78, 5) is 17.9. The van der Waals surface area contributed by atoms with Crippen molar-refractivity contribution in [1.82, 2.24) is 4.98 Å². The van der Waals surface area contributed by atoms with Gasteiger partial charge in [0.2, 0.25) is 0 Å². The van der Waals surface area contributed by atoms with Crippen molar-refractivity contribution in [1.29, 1.82) is 0 Å². The fraction of sp³-hybridized carbons (Fsp3) is 0.286. The second kappa shape index (κ2) is 5.92. The van der Waals surface area contributed by atoms with Crippen molar-refractivity contribution >= 4 is 33.8 Å². The summed E-state index contributed by atoms with van der Waals surface area (Å²) in [5, 5.41) is 12.7. The topological polar surface area (TPSA) is 65.5 Å². The van der Waals surface area contributed by atoms with Crippen molar-refractivity contribution in [3.63, 3.8) is 0 Å². The number of hydrogen-bond acceptors (Lipinski definition) is 5. The number of carboxylic acids is 1. The number of anilines is 3. The van der Waals surface area contributed by atoms with Crippen molar-refractivity contribution < 1.29 is 9.90 Å². The van der Waals surface area contributed by atoms with Crippen LogP contribution in [0, 0.1) is 6.92 Å². The lowest BCUT2D eigenvalue weighted by Gasteiger charge is -2.12. The van der Waals surface area contributed by atoms with Crippen molar-refractivity contribution in [3.05, 3.63) is 34.8 Å². The van der Waals surface area contributed by atoms with Gasteiger partial charge in [0.05, 0.1) is 12.1 Å². The first-order chi connectivity index (χ1) is 9.45. The minimum Gasteiger partial charge on any atom is -0.481 e. The molecular weight excluding hydrogens is 274 g/mol. The van der Waals surface area contributed by atoms with E-state index in [1.54, 1.807) is 0 Å². The first-order valence-corrected chi connectivity index (χ1v) is 7.00. The zero-order valence-electron chi connectivity index (χ0n) is 11.7. The highest BCUT2D eigenvalue weighted by Gasteiger charge is 2.11. The maximum Gasteiger partial charge on any atom is 0.308 e. The molecule has 106 valence electrons. The summed E-state index contributed by atoms with van der Waals surface area (Å²) in [6.45, 7) is 1.83. The van der Waals surface area contributed by atoms with Crippen LogP contribution in [-0.4, -0.2) is 30.2 Å². The number of aromatic nitrogens is 1. The average molecular weight is 291 g/mol. The molecule has 2 N–H and O–H groups in total. The lowest BCUT2D eigenvalue weighted by atomic mass is 10.2. The Labute approximate surface area is 121 Å². The van der Waals surface area contributed by atoms with Crippen LogP contribution in [0.15, 0.2) is 24.3 Å². The van der Waals surface area contributed by atoms with E-state index in [4.69, 9.17) is 5.11 Å². The number of thiazole rings is 1. The van der Waals surface area contributed by atoms with Crippen molar-refractivity contribution in [3.8, 4) is 0 Å². The highest BCUT2D eigenvalue weighted by Crippen LogP contribution is 2.27. The Morgan fingerprint density at radius 2 is 2.00 bits per heavy atom. The van der Waals surface area contributed by atoms with Crippen molar-refractivity contribution in [2.75, 3.05) is 24.3 Å². The summed E-state index contributed by atoms with van der Waals surface area (Å²) in [6.07, 6.45) is 0.0186. The standard InChI is InChI=1S/C14H17N3O2S/c1-9-12(8-13(18)19)20-14(15-9)16-10-4-6-11(7-5-10)17(2)3/h4-7H,8H2,1-3H3,(H,15,16)(H,18,19). The minimum atomic E-state index is -0.835. The fourth-order valence-electron chi connectivity index (χ4n) is 1.75. The van der Waals surface area contributed by atoms with E-state index in [1.807, 2.05) is 50.2 Å². The van der Waals surface area contributed by atoms with Crippen molar-refractivity contribution in [2.24, 2.45) is 0 Å². The molecule has 0 saturated carbocycles. The third-order valence-corrected chi connectivity index (χ3v) is 3.91. The molecule has 20 heavy (non-hydrogen) atoms. The summed E-state index contributed by atoms with van der Waals surface area (Å²) in [6, 6.07) is 7.98. The number of nitrogens with one attached hydrogen (secondary N) is 1. The number of benzene rings is 1. The first kappa shape index (κ1) is 14.3. The second-order valence-electron chi connectivity index (χ2n) is 4.66. The molecule has 1 aromatic carbocycles. The van der Waals surface area contributed by atoms with E-state index >= 15 is 0 Å². The van der Waals surface area contributed by atoms with Gasteiger partial charge in [-0.15, -0.1) is 11.3 Å². The lowest BCUT2D eigenvalue weighted by Crippen LogP contribution is -2.08. The van der Waals surface area contributed by atoms with Gasteiger partial charge in [-0.1, -0.05) is 0 Å². The molecule has 5 nitrogen and oxygen atoms in total. The second-order valence-corrected chi connectivity index (χ2v) is 5.75. The van der Waals surface area contributed by atoms with Crippen molar-refractivity contribution in [2.45, 2.75) is 13.3 Å². The van der Waals surface area contributed by atoms with E-state index in [-0.39, 0.29) is 6.42 Å². The number of carbonyl (C=O) groups is 1. The SMILES string of the molecule is Cc1nc(Nc2ccc(N(C)C)cc2)sc1CC(=O)O. The van der Waals surface area contributed by atoms with Gasteiger partial charge in [-0.2, -0.15) is 0 Å². The van der Waals surface area contributed by atoms with Gasteiger partial charge in [0.1, 0.15) is 0 Å². The van der Waals surface area contributed by atoms with Gasteiger partial charge in [-0.05, 0) is 31.2 Å². The molecule has 2 aromatic rings. The van der Waals surface area contributed by atoms with Crippen LogP contribution in [0.1, 0.15) is 10.6 Å². The quantitative estimate of drug-likeness (QED) is 0.886. The molecule has 0 saturated heterocycles. The third kappa shape index (κ3) is 3.48. The van der Waals surface area contributed by atoms with E-state index in [2.05, 4.69) is 10.3 Å². The van der Waals surface area contributed by atoms with Gasteiger partial charge in [0, 0.05) is 30.3 Å². The molecule has 6 heteroatoms. The smallest absolute Gasteiger partial charge is 0.308 e. The number of hydrogen-bond donors (Lipinski definition) is 2. The Morgan fingerprint density at radius 3 is 2.55 bits per heavy atom. The summed E-state index contributed by atoms with van der Waals surface area (Å²) in [7, 11) is 3.98. The van der Waals surface area contributed by atoms with Crippen LogP contribution < -0.4 is 10.2 Å². The van der Waals surface area contributed by atoms with E-state index in [9.17, 15) is 4.79 Å². The molecule has 1 heterocycles. The van der Waals surface area contributed by atoms with Crippen LogP contribution in [0.2, 0.25) is 0 Å². The normalized spacial score (nSPS) is 10.3. The highest BCUT2D eigenvalue weighted by molar-refractivity contribution is 7.15.